The fourth-order valence-corrected chi connectivity index (χ4v) is 5.53. The number of fused-ring (bicyclic) bond motifs is 1. The smallest absolute Gasteiger partial charge is 0.264 e. The SMILES string of the molecule is C[Si](C)(C)CCOCn1ccc2c(-c3cnn(C4CCC(COS(C)(=O)=O)CC4)c3)ncnc21. The van der Waals surface area contributed by atoms with Crippen LogP contribution in [0.15, 0.2) is 31.0 Å². The standard InChI is InChI=1S/C23H35N5O4SSi/c1-33(29,30)32-15-18-5-7-20(8-6-18)28-14-19(13-26-28)22-21-9-10-27(23(21)25-16-24-22)17-31-11-12-34(2,3)4/h9-10,13-14,16,18,20H,5-8,11-12,15,17H2,1-4H3. The molecule has 186 valence electrons. The Balaban J connectivity index is 1.40. The summed E-state index contributed by atoms with van der Waals surface area (Å²) in [5.74, 6) is 0.273. The Labute approximate surface area is 202 Å². The third-order valence-corrected chi connectivity index (χ3v) is 8.63. The van der Waals surface area contributed by atoms with Crippen molar-refractivity contribution < 1.29 is 17.3 Å². The molecule has 1 aliphatic carbocycles. The monoisotopic (exact) mass is 505 g/mol. The number of hydrogen-bond acceptors (Lipinski definition) is 7. The first-order valence-corrected chi connectivity index (χ1v) is 17.4. The molecular formula is C23H35N5O4SSi. The number of rotatable bonds is 10. The fraction of sp³-hybridized carbons (Fsp3) is 0.609. The van der Waals surface area contributed by atoms with Crippen LogP contribution in [0.5, 0.6) is 0 Å². The van der Waals surface area contributed by atoms with Gasteiger partial charge in [-0.2, -0.15) is 13.5 Å². The second-order valence-electron chi connectivity index (χ2n) is 10.5. The lowest BCUT2D eigenvalue weighted by molar-refractivity contribution is 0.0899. The van der Waals surface area contributed by atoms with Gasteiger partial charge in [0.05, 0.1) is 30.8 Å². The summed E-state index contributed by atoms with van der Waals surface area (Å²) in [7, 11) is -4.50. The van der Waals surface area contributed by atoms with Crippen molar-refractivity contribution in [1.82, 2.24) is 24.3 Å². The molecule has 3 heterocycles. The summed E-state index contributed by atoms with van der Waals surface area (Å²) >= 11 is 0. The minimum atomic E-state index is -3.38. The van der Waals surface area contributed by atoms with E-state index in [0.29, 0.717) is 12.8 Å². The third kappa shape index (κ3) is 6.53. The minimum absolute atomic E-state index is 0.272. The molecule has 0 bridgehead atoms. The minimum Gasteiger partial charge on any atom is -0.361 e. The van der Waals surface area contributed by atoms with Gasteiger partial charge in [-0.15, -0.1) is 0 Å². The first kappa shape index (κ1) is 25.0. The van der Waals surface area contributed by atoms with Gasteiger partial charge in [-0.25, -0.2) is 9.97 Å². The average molecular weight is 506 g/mol. The van der Waals surface area contributed by atoms with Gasteiger partial charge in [0, 0.05) is 38.0 Å². The zero-order chi connectivity index (χ0) is 24.3. The van der Waals surface area contributed by atoms with Crippen LogP contribution in [0, 0.1) is 5.92 Å². The molecule has 0 N–H and O–H groups in total. The van der Waals surface area contributed by atoms with E-state index in [9.17, 15) is 8.42 Å². The first-order valence-electron chi connectivity index (χ1n) is 11.9. The van der Waals surface area contributed by atoms with Crippen LogP contribution in [0.4, 0.5) is 0 Å². The van der Waals surface area contributed by atoms with E-state index in [1.54, 1.807) is 6.33 Å². The van der Waals surface area contributed by atoms with E-state index in [1.165, 1.54) is 0 Å². The lowest BCUT2D eigenvalue weighted by Gasteiger charge is -2.28. The van der Waals surface area contributed by atoms with Crippen LogP contribution < -0.4 is 0 Å². The van der Waals surface area contributed by atoms with Crippen molar-refractivity contribution in [3.8, 4) is 11.3 Å². The van der Waals surface area contributed by atoms with Crippen molar-refractivity contribution in [2.75, 3.05) is 19.5 Å². The van der Waals surface area contributed by atoms with Crippen LogP contribution in [-0.4, -0.2) is 60.3 Å². The van der Waals surface area contributed by atoms with E-state index in [2.05, 4.69) is 40.9 Å². The van der Waals surface area contributed by atoms with Gasteiger partial charge in [0.2, 0.25) is 0 Å². The van der Waals surface area contributed by atoms with Gasteiger partial charge in [0.1, 0.15) is 18.7 Å². The molecule has 1 fully saturated rings. The molecule has 0 saturated heterocycles. The lowest BCUT2D eigenvalue weighted by atomic mass is 9.87. The number of aromatic nitrogens is 5. The molecule has 11 heteroatoms. The summed E-state index contributed by atoms with van der Waals surface area (Å²) in [6.07, 6.45) is 12.4. The van der Waals surface area contributed by atoms with E-state index in [-0.39, 0.29) is 12.5 Å². The van der Waals surface area contributed by atoms with Crippen molar-refractivity contribution in [2.24, 2.45) is 5.92 Å². The quantitative estimate of drug-likeness (QED) is 0.230. The summed E-state index contributed by atoms with van der Waals surface area (Å²) in [5, 5.41) is 5.61. The molecule has 3 aromatic heterocycles. The average Bonchev–Trinajstić information content (AvgIpc) is 3.42. The van der Waals surface area contributed by atoms with E-state index in [0.717, 1.165) is 66.9 Å². The predicted octanol–water partition coefficient (Wildman–Crippen LogP) is 4.31. The second kappa shape index (κ2) is 10.3. The Bertz CT molecular complexity index is 1210. The van der Waals surface area contributed by atoms with Crippen LogP contribution in [0.1, 0.15) is 31.7 Å². The van der Waals surface area contributed by atoms with E-state index in [1.807, 2.05) is 27.7 Å². The van der Waals surface area contributed by atoms with Crippen molar-refractivity contribution >= 4 is 29.2 Å². The van der Waals surface area contributed by atoms with Crippen molar-refractivity contribution in [3.05, 3.63) is 31.0 Å². The van der Waals surface area contributed by atoms with Gasteiger partial charge in [-0.1, -0.05) is 19.6 Å². The number of hydrogen-bond donors (Lipinski definition) is 0. The van der Waals surface area contributed by atoms with Crippen LogP contribution in [0.2, 0.25) is 25.7 Å². The Morgan fingerprint density at radius 1 is 1.15 bits per heavy atom. The Morgan fingerprint density at radius 2 is 1.91 bits per heavy atom. The summed E-state index contributed by atoms with van der Waals surface area (Å²) in [5.41, 5.74) is 2.69. The maximum atomic E-state index is 11.2. The molecule has 0 aliphatic heterocycles. The second-order valence-corrected chi connectivity index (χ2v) is 17.7. The van der Waals surface area contributed by atoms with Crippen molar-refractivity contribution in [2.45, 2.75) is 64.1 Å². The molecule has 1 aliphatic rings. The zero-order valence-corrected chi connectivity index (χ0v) is 22.3. The molecule has 9 nitrogen and oxygen atoms in total. The molecule has 34 heavy (non-hydrogen) atoms. The maximum absolute atomic E-state index is 11.2. The van der Waals surface area contributed by atoms with Crippen LogP contribution in [0.25, 0.3) is 22.3 Å². The van der Waals surface area contributed by atoms with Gasteiger partial charge in [-0.05, 0) is 43.7 Å². The molecule has 0 unspecified atom stereocenters. The largest absolute Gasteiger partial charge is 0.361 e. The molecule has 0 atom stereocenters. The highest BCUT2D eigenvalue weighted by atomic mass is 32.2. The highest BCUT2D eigenvalue weighted by Crippen LogP contribution is 2.34. The van der Waals surface area contributed by atoms with Gasteiger partial charge in [0.15, 0.2) is 0 Å². The molecule has 4 rings (SSSR count). The number of nitrogens with zero attached hydrogens (tertiary/aromatic N) is 5. The molecule has 0 amide bonds. The third-order valence-electron chi connectivity index (χ3n) is 6.37. The van der Waals surface area contributed by atoms with E-state index < -0.39 is 18.2 Å². The van der Waals surface area contributed by atoms with Gasteiger partial charge in [0.25, 0.3) is 10.1 Å². The summed E-state index contributed by atoms with van der Waals surface area (Å²) in [6, 6.07) is 3.47. The van der Waals surface area contributed by atoms with Gasteiger partial charge in [-0.3, -0.25) is 8.86 Å². The maximum Gasteiger partial charge on any atom is 0.264 e. The Morgan fingerprint density at radius 3 is 2.62 bits per heavy atom. The van der Waals surface area contributed by atoms with Crippen LogP contribution in [-0.2, 0) is 25.8 Å². The Kier molecular flexibility index (Phi) is 7.56. The molecule has 0 radical (unpaired) electrons. The van der Waals surface area contributed by atoms with Crippen LogP contribution >= 0.6 is 0 Å². The van der Waals surface area contributed by atoms with Gasteiger partial charge < -0.3 is 9.30 Å². The molecule has 0 spiro atoms. The zero-order valence-electron chi connectivity index (χ0n) is 20.5. The molecule has 3 aromatic rings. The predicted molar refractivity (Wildman–Crippen MR) is 135 cm³/mol. The topological polar surface area (TPSA) is 101 Å². The molecule has 0 aromatic carbocycles. The summed E-state index contributed by atoms with van der Waals surface area (Å²) in [4.78, 5) is 9.04. The fourth-order valence-electron chi connectivity index (χ4n) is 4.34. The normalized spacial score (nSPS) is 19.6. The van der Waals surface area contributed by atoms with Crippen molar-refractivity contribution in [3.63, 3.8) is 0 Å². The highest BCUT2D eigenvalue weighted by Gasteiger charge is 2.24. The summed E-state index contributed by atoms with van der Waals surface area (Å²) < 4.78 is 37.4. The van der Waals surface area contributed by atoms with E-state index >= 15 is 0 Å². The highest BCUT2D eigenvalue weighted by molar-refractivity contribution is 7.85. The lowest BCUT2D eigenvalue weighted by Crippen LogP contribution is -2.22. The van der Waals surface area contributed by atoms with E-state index in [4.69, 9.17) is 8.92 Å². The molecule has 1 saturated carbocycles. The summed E-state index contributed by atoms with van der Waals surface area (Å²) in [6.45, 7) is 8.56. The van der Waals surface area contributed by atoms with Crippen LogP contribution in [0.3, 0.4) is 0 Å². The molecular weight excluding hydrogens is 470 g/mol. The number of ether oxygens (including phenoxy) is 1. The first-order chi connectivity index (χ1) is 16.1. The Hall–Kier alpha value is -2.08. The van der Waals surface area contributed by atoms with Crippen molar-refractivity contribution in [1.29, 1.82) is 0 Å². The van der Waals surface area contributed by atoms with Gasteiger partial charge >= 0.3 is 0 Å².